The van der Waals surface area contributed by atoms with Crippen LogP contribution in [-0.4, -0.2) is 78.3 Å². The average molecular weight is 897 g/mol. The summed E-state index contributed by atoms with van der Waals surface area (Å²) in [5.74, 6) is -1.47. The van der Waals surface area contributed by atoms with Gasteiger partial charge in [-0.3, -0.25) is 28.8 Å². The number of urea groups is 1. The summed E-state index contributed by atoms with van der Waals surface area (Å²) in [6.45, 7) is 26.0. The number of carbonyl (C=O) groups is 7. The van der Waals surface area contributed by atoms with Crippen LogP contribution < -0.4 is 32.3 Å². The number of hydrogen-bond acceptors (Lipinski definition) is 9. The van der Waals surface area contributed by atoms with Gasteiger partial charge in [0.1, 0.15) is 12.6 Å². The van der Waals surface area contributed by atoms with E-state index in [2.05, 4.69) is 40.4 Å². The fraction of sp³-hybridized carbons (Fsp3) is 0.612. The molecule has 360 valence electrons. The van der Waals surface area contributed by atoms with E-state index in [9.17, 15) is 33.6 Å². The predicted octanol–water partition coefficient (Wildman–Crippen LogP) is 7.86. The largest absolute Gasteiger partial charge is 0.461 e. The van der Waals surface area contributed by atoms with Crippen LogP contribution in [0.5, 0.6) is 0 Å². The number of rotatable bonds is 25. The Morgan fingerprint density at radius 3 is 1.86 bits per heavy atom. The topological polar surface area (TPSA) is 224 Å². The zero-order chi connectivity index (χ0) is 49.0. The third-order valence-corrected chi connectivity index (χ3v) is 9.84. The number of anilines is 1. The van der Waals surface area contributed by atoms with Crippen LogP contribution in [0.25, 0.3) is 0 Å². The van der Waals surface area contributed by atoms with Crippen LogP contribution in [0.3, 0.4) is 0 Å². The molecule has 0 aliphatic carbocycles. The average Bonchev–Trinajstić information content (AvgIpc) is 3.24. The number of hydrogen-bond donors (Lipinski definition) is 6. The highest BCUT2D eigenvalue weighted by atomic mass is 16.5. The Kier molecular flexibility index (Phi) is 28.2. The smallest absolute Gasteiger partial charge is 0.312 e. The van der Waals surface area contributed by atoms with Crippen molar-refractivity contribution >= 4 is 47.1 Å². The van der Waals surface area contributed by atoms with E-state index < -0.39 is 35.0 Å². The molecule has 0 heterocycles. The number of primary amides is 1. The minimum absolute atomic E-state index is 0.0305. The molecule has 15 heteroatoms. The molecule has 2 aromatic rings. The molecule has 0 saturated carbocycles. The quantitative estimate of drug-likeness (QED) is 0.0421. The number of amides is 6. The minimum atomic E-state index is -0.839. The maximum Gasteiger partial charge on any atom is 0.312 e. The Hall–Kier alpha value is -5.31. The van der Waals surface area contributed by atoms with Crippen molar-refractivity contribution in [3.63, 3.8) is 0 Å². The maximum atomic E-state index is 13.1. The van der Waals surface area contributed by atoms with Gasteiger partial charge in [-0.05, 0) is 101 Å². The third kappa shape index (κ3) is 25.1. The summed E-state index contributed by atoms with van der Waals surface area (Å²) < 4.78 is 11.2. The Morgan fingerprint density at radius 2 is 1.36 bits per heavy atom. The lowest BCUT2D eigenvalue weighted by atomic mass is 9.87. The van der Waals surface area contributed by atoms with Crippen LogP contribution in [0.1, 0.15) is 161 Å². The van der Waals surface area contributed by atoms with Gasteiger partial charge >= 0.3 is 12.0 Å². The molecular formula is C49H80N6O9. The van der Waals surface area contributed by atoms with Crippen molar-refractivity contribution in [1.82, 2.24) is 21.3 Å². The number of nitrogens with one attached hydrogen (secondary N) is 5. The van der Waals surface area contributed by atoms with E-state index in [1.54, 1.807) is 55.5 Å². The molecule has 0 saturated heterocycles. The van der Waals surface area contributed by atoms with Gasteiger partial charge in [0, 0.05) is 54.3 Å². The van der Waals surface area contributed by atoms with Gasteiger partial charge in [-0.2, -0.15) is 0 Å². The molecule has 64 heavy (non-hydrogen) atoms. The second-order valence-electron chi connectivity index (χ2n) is 17.4. The predicted molar refractivity (Wildman–Crippen MR) is 254 cm³/mol. The van der Waals surface area contributed by atoms with Crippen LogP contribution in [-0.2, 0) is 35.3 Å². The van der Waals surface area contributed by atoms with E-state index in [0.717, 1.165) is 24.8 Å². The first kappa shape index (κ1) is 58.7. The number of benzene rings is 2. The van der Waals surface area contributed by atoms with Crippen molar-refractivity contribution in [3.8, 4) is 0 Å². The van der Waals surface area contributed by atoms with Gasteiger partial charge in [-0.25, -0.2) is 4.79 Å². The Bertz CT molecular complexity index is 1740. The highest BCUT2D eigenvalue weighted by Gasteiger charge is 2.28. The molecule has 0 aromatic heterocycles. The van der Waals surface area contributed by atoms with Crippen molar-refractivity contribution in [1.29, 1.82) is 0 Å². The Labute approximate surface area is 382 Å². The molecule has 0 aliphatic heterocycles. The monoisotopic (exact) mass is 897 g/mol. The molecule has 2 atom stereocenters. The fourth-order valence-corrected chi connectivity index (χ4v) is 6.02. The van der Waals surface area contributed by atoms with E-state index in [1.807, 2.05) is 69.2 Å². The molecule has 2 rings (SSSR count). The SMILES string of the molecule is CC.CCC(=O)OCc1ccc(NC(=O)CNC(=O)C(NC(=O)CCC(C)(C)OCCC(C)(C)NC(=O)c2ccc(C(=O)C(CC)CC(C)C)cc2)C(C)C)cc1.CCCNC(N)=O. The zero-order valence-corrected chi connectivity index (χ0v) is 41.0. The summed E-state index contributed by atoms with van der Waals surface area (Å²) in [7, 11) is 0. The Balaban J connectivity index is 0.00000400. The van der Waals surface area contributed by atoms with Crippen molar-refractivity contribution in [2.45, 2.75) is 159 Å². The molecule has 0 fully saturated rings. The van der Waals surface area contributed by atoms with Crippen molar-refractivity contribution < 1.29 is 43.0 Å². The lowest BCUT2D eigenvalue weighted by molar-refractivity contribution is -0.144. The summed E-state index contributed by atoms with van der Waals surface area (Å²) in [4.78, 5) is 85.7. The molecule has 15 nitrogen and oxygen atoms in total. The number of esters is 1. The molecule has 0 bridgehead atoms. The van der Waals surface area contributed by atoms with Gasteiger partial charge in [-0.15, -0.1) is 0 Å². The summed E-state index contributed by atoms with van der Waals surface area (Å²) in [6.07, 6.45) is 3.86. The lowest BCUT2D eigenvalue weighted by Crippen LogP contribution is -2.51. The lowest BCUT2D eigenvalue weighted by Gasteiger charge is -2.30. The molecular weight excluding hydrogens is 817 g/mol. The molecule has 6 amide bonds. The summed E-state index contributed by atoms with van der Waals surface area (Å²) >= 11 is 0. The molecule has 0 spiro atoms. The molecule has 0 aliphatic rings. The van der Waals surface area contributed by atoms with E-state index >= 15 is 0 Å². The number of Topliss-reactive ketones (excluding diaryl/α,β-unsaturated/α-hetero) is 1. The second-order valence-corrected chi connectivity index (χ2v) is 17.4. The van der Waals surface area contributed by atoms with Gasteiger partial charge in [-0.1, -0.05) is 86.6 Å². The van der Waals surface area contributed by atoms with Gasteiger partial charge in [0.15, 0.2) is 5.78 Å². The first-order valence-electron chi connectivity index (χ1n) is 22.8. The van der Waals surface area contributed by atoms with Gasteiger partial charge in [0.2, 0.25) is 17.7 Å². The normalized spacial score (nSPS) is 12.0. The first-order chi connectivity index (χ1) is 30.0. The highest BCUT2D eigenvalue weighted by Crippen LogP contribution is 2.22. The van der Waals surface area contributed by atoms with Crippen LogP contribution in [0.4, 0.5) is 10.5 Å². The second kappa shape index (κ2) is 30.7. The maximum absolute atomic E-state index is 13.1. The van der Waals surface area contributed by atoms with Gasteiger partial charge < -0.3 is 41.8 Å². The third-order valence-electron chi connectivity index (χ3n) is 9.84. The van der Waals surface area contributed by atoms with E-state index in [4.69, 9.17) is 15.2 Å². The Morgan fingerprint density at radius 1 is 0.766 bits per heavy atom. The molecule has 2 unspecified atom stereocenters. The van der Waals surface area contributed by atoms with Gasteiger partial charge in [0.25, 0.3) is 5.91 Å². The van der Waals surface area contributed by atoms with Crippen molar-refractivity contribution in [2.75, 3.05) is 25.0 Å². The minimum Gasteiger partial charge on any atom is -0.461 e. The summed E-state index contributed by atoms with van der Waals surface area (Å²) in [5, 5.41) is 13.6. The van der Waals surface area contributed by atoms with Crippen LogP contribution in [0.2, 0.25) is 0 Å². The van der Waals surface area contributed by atoms with Gasteiger partial charge in [0.05, 0.1) is 12.1 Å². The highest BCUT2D eigenvalue weighted by molar-refractivity contribution is 6.00. The number of ether oxygens (including phenoxy) is 2. The zero-order valence-electron chi connectivity index (χ0n) is 41.0. The van der Waals surface area contributed by atoms with E-state index in [-0.39, 0.29) is 55.0 Å². The molecule has 0 radical (unpaired) electrons. The van der Waals surface area contributed by atoms with Crippen LogP contribution >= 0.6 is 0 Å². The van der Waals surface area contributed by atoms with Crippen molar-refractivity contribution in [2.24, 2.45) is 23.5 Å². The van der Waals surface area contributed by atoms with Crippen molar-refractivity contribution in [3.05, 3.63) is 65.2 Å². The fourth-order valence-electron chi connectivity index (χ4n) is 6.02. The van der Waals surface area contributed by atoms with E-state index in [0.29, 0.717) is 55.1 Å². The standard InChI is InChI=1S/C43H64N4O8.C4H10N2O.C2H6/c1-11-31(25-28(3)4)39(51)32-15-17-33(18-16-32)40(52)47-42(7,8)23-24-55-43(9,10)22-21-35(48)46-38(29(5)6)41(53)44-26-36(49)45-34-19-13-30(14-20-34)27-54-37(50)12-2;1-2-3-6-4(5)7;1-2/h13-20,28-29,31,38H,11-12,21-27H2,1-10H3,(H,44,53)(H,45,49)(H,46,48)(H,47,52);2-3H2,1H3,(H3,5,6,7);1-2H3. The summed E-state index contributed by atoms with van der Waals surface area (Å²) in [6, 6.07) is 12.4. The molecule has 7 N–H and O–H groups in total. The number of carbonyl (C=O) groups excluding carboxylic acids is 7. The number of ketones is 1. The number of nitrogens with two attached hydrogens (primary N) is 1. The molecule has 2 aromatic carbocycles. The first-order valence-corrected chi connectivity index (χ1v) is 22.8. The summed E-state index contributed by atoms with van der Waals surface area (Å²) in [5.41, 5.74) is 5.88. The van der Waals surface area contributed by atoms with Crippen LogP contribution in [0.15, 0.2) is 48.5 Å². The van der Waals surface area contributed by atoms with E-state index in [1.165, 1.54) is 0 Å². The van der Waals surface area contributed by atoms with Crippen LogP contribution in [0, 0.1) is 17.8 Å².